The lowest BCUT2D eigenvalue weighted by Crippen LogP contribution is -2.14. The summed E-state index contributed by atoms with van der Waals surface area (Å²) in [5.41, 5.74) is 4.36. The van der Waals surface area contributed by atoms with E-state index in [0.717, 1.165) is 23.5 Å². The number of nitrogen functional groups attached to an aromatic ring is 1. The fourth-order valence-corrected chi connectivity index (χ4v) is 2.18. The molecule has 0 aliphatic rings. The van der Waals surface area contributed by atoms with Crippen LogP contribution in [-0.4, -0.2) is 10.9 Å². The molecule has 1 heterocycles. The average molecular weight is 322 g/mol. The number of carbonyl (C=O) groups is 1. The van der Waals surface area contributed by atoms with Crippen molar-refractivity contribution in [2.24, 2.45) is 0 Å². The third-order valence-corrected chi connectivity index (χ3v) is 3.29. The van der Waals surface area contributed by atoms with E-state index in [-0.39, 0.29) is 16.5 Å². The Morgan fingerprint density at radius 3 is 2.65 bits per heavy atom. The van der Waals surface area contributed by atoms with Crippen LogP contribution in [0.25, 0.3) is 0 Å². The molecule has 3 N–H and O–H groups in total. The van der Waals surface area contributed by atoms with Gasteiger partial charge in [-0.15, -0.1) is 11.3 Å². The van der Waals surface area contributed by atoms with Crippen LogP contribution in [0.2, 0.25) is 5.02 Å². The van der Waals surface area contributed by atoms with Crippen LogP contribution in [0, 0.1) is 0 Å². The summed E-state index contributed by atoms with van der Waals surface area (Å²) in [6.45, 7) is 0. The van der Waals surface area contributed by atoms with E-state index in [1.54, 1.807) is 0 Å². The summed E-state index contributed by atoms with van der Waals surface area (Å²) in [7, 11) is 0. The number of amides is 1. The zero-order valence-corrected chi connectivity index (χ0v) is 11.2. The third-order valence-electron chi connectivity index (χ3n) is 2.28. The number of halogens is 4. The van der Waals surface area contributed by atoms with Crippen molar-refractivity contribution in [2.75, 3.05) is 11.1 Å². The normalized spacial score (nSPS) is 11.4. The Morgan fingerprint density at radius 1 is 1.40 bits per heavy atom. The number of aromatic nitrogens is 1. The van der Waals surface area contributed by atoms with Gasteiger partial charge in [0.1, 0.15) is 5.69 Å². The van der Waals surface area contributed by atoms with Crippen molar-refractivity contribution in [3.63, 3.8) is 0 Å². The predicted molar refractivity (Wildman–Crippen MR) is 70.9 cm³/mol. The second-order valence-electron chi connectivity index (χ2n) is 3.72. The lowest BCUT2D eigenvalue weighted by molar-refractivity contribution is -0.137. The van der Waals surface area contributed by atoms with E-state index >= 15 is 0 Å². The van der Waals surface area contributed by atoms with E-state index in [1.807, 2.05) is 0 Å². The van der Waals surface area contributed by atoms with E-state index in [4.69, 9.17) is 17.3 Å². The van der Waals surface area contributed by atoms with E-state index in [2.05, 4.69) is 10.3 Å². The molecular formula is C11H7ClF3N3OS. The van der Waals surface area contributed by atoms with Gasteiger partial charge in [0.05, 0.1) is 10.6 Å². The first-order chi connectivity index (χ1) is 9.27. The monoisotopic (exact) mass is 321 g/mol. The number of thiazole rings is 1. The summed E-state index contributed by atoms with van der Waals surface area (Å²) in [5, 5.41) is 3.47. The molecule has 20 heavy (non-hydrogen) atoms. The summed E-state index contributed by atoms with van der Waals surface area (Å²) in [5.74, 6) is -0.645. The summed E-state index contributed by atoms with van der Waals surface area (Å²) in [6, 6.07) is 3.09. The summed E-state index contributed by atoms with van der Waals surface area (Å²) >= 11 is 6.54. The summed E-state index contributed by atoms with van der Waals surface area (Å²) in [4.78, 5) is 15.5. The maximum atomic E-state index is 12.7. The summed E-state index contributed by atoms with van der Waals surface area (Å²) < 4.78 is 38.0. The van der Waals surface area contributed by atoms with Crippen LogP contribution >= 0.6 is 22.9 Å². The zero-order chi connectivity index (χ0) is 14.9. The predicted octanol–water partition coefficient (Wildman–Crippen LogP) is 3.65. The van der Waals surface area contributed by atoms with Crippen molar-refractivity contribution < 1.29 is 18.0 Å². The number of nitrogens with two attached hydrogens (primary N) is 1. The number of nitrogens with zero attached hydrogens (tertiary/aromatic N) is 1. The molecule has 0 saturated heterocycles. The molecule has 4 nitrogen and oxygen atoms in total. The molecule has 106 valence electrons. The largest absolute Gasteiger partial charge is 0.417 e. The van der Waals surface area contributed by atoms with Crippen LogP contribution in [0.15, 0.2) is 23.6 Å². The molecular weight excluding hydrogens is 315 g/mol. The number of nitrogens with one attached hydrogen (secondary N) is 1. The van der Waals surface area contributed by atoms with Crippen LogP contribution in [0.4, 0.5) is 24.0 Å². The first kappa shape index (κ1) is 14.6. The second kappa shape index (κ2) is 5.29. The minimum absolute atomic E-state index is 0.0294. The number of carbonyl (C=O) groups excluding carboxylic acids is 1. The van der Waals surface area contributed by atoms with E-state index in [1.165, 1.54) is 11.4 Å². The number of alkyl halides is 3. The molecule has 1 aromatic carbocycles. The van der Waals surface area contributed by atoms with Crippen molar-refractivity contribution in [1.82, 2.24) is 4.98 Å². The molecule has 0 spiro atoms. The number of hydrogen-bond acceptors (Lipinski definition) is 4. The van der Waals surface area contributed by atoms with Gasteiger partial charge in [0, 0.05) is 11.1 Å². The number of rotatable bonds is 2. The van der Waals surface area contributed by atoms with Crippen molar-refractivity contribution in [2.45, 2.75) is 6.18 Å². The molecule has 0 bridgehead atoms. The molecule has 0 atom stereocenters. The first-order valence-electron chi connectivity index (χ1n) is 5.16. The maximum absolute atomic E-state index is 12.7. The minimum Gasteiger partial charge on any atom is -0.375 e. The molecule has 1 aromatic heterocycles. The molecule has 2 rings (SSSR count). The molecule has 0 aliphatic heterocycles. The number of anilines is 2. The van der Waals surface area contributed by atoms with Crippen LogP contribution in [-0.2, 0) is 6.18 Å². The standard InChI is InChI=1S/C11H7ClF3N3OS/c12-7-2-1-5(3-6(7)11(13,14)15)17-9(19)8-4-20-10(16)18-8/h1-4H,(H2,16,18)(H,17,19). The highest BCUT2D eigenvalue weighted by Gasteiger charge is 2.33. The van der Waals surface area contributed by atoms with Gasteiger partial charge in [0.25, 0.3) is 5.91 Å². The smallest absolute Gasteiger partial charge is 0.375 e. The highest BCUT2D eigenvalue weighted by molar-refractivity contribution is 7.13. The zero-order valence-electron chi connectivity index (χ0n) is 9.66. The maximum Gasteiger partial charge on any atom is 0.417 e. The Morgan fingerprint density at radius 2 is 2.10 bits per heavy atom. The van der Waals surface area contributed by atoms with Crippen molar-refractivity contribution in [3.8, 4) is 0 Å². The van der Waals surface area contributed by atoms with E-state index < -0.39 is 22.7 Å². The Kier molecular flexibility index (Phi) is 3.87. The quantitative estimate of drug-likeness (QED) is 0.887. The molecule has 2 aromatic rings. The second-order valence-corrected chi connectivity index (χ2v) is 5.01. The lowest BCUT2D eigenvalue weighted by Gasteiger charge is -2.11. The van der Waals surface area contributed by atoms with Crippen LogP contribution < -0.4 is 11.1 Å². The summed E-state index contributed by atoms with van der Waals surface area (Å²) in [6.07, 6.45) is -4.59. The molecule has 9 heteroatoms. The topological polar surface area (TPSA) is 68.0 Å². The number of hydrogen-bond donors (Lipinski definition) is 2. The molecule has 0 fully saturated rings. The fourth-order valence-electron chi connectivity index (χ4n) is 1.41. The Labute approximate surface area is 120 Å². The molecule has 1 amide bonds. The number of benzene rings is 1. The molecule has 0 aliphatic carbocycles. The van der Waals surface area contributed by atoms with Crippen LogP contribution in [0.5, 0.6) is 0 Å². The minimum atomic E-state index is -4.59. The van der Waals surface area contributed by atoms with E-state index in [0.29, 0.717) is 0 Å². The lowest BCUT2D eigenvalue weighted by atomic mass is 10.2. The Balaban J connectivity index is 2.24. The van der Waals surface area contributed by atoms with Crippen molar-refractivity contribution in [3.05, 3.63) is 39.9 Å². The van der Waals surface area contributed by atoms with Gasteiger partial charge in [0.15, 0.2) is 5.13 Å². The van der Waals surface area contributed by atoms with Gasteiger partial charge < -0.3 is 11.1 Å². The highest BCUT2D eigenvalue weighted by atomic mass is 35.5. The average Bonchev–Trinajstić information content (AvgIpc) is 2.77. The molecule has 0 unspecified atom stereocenters. The van der Waals surface area contributed by atoms with Gasteiger partial charge >= 0.3 is 6.18 Å². The van der Waals surface area contributed by atoms with Gasteiger partial charge in [0.2, 0.25) is 0 Å². The fraction of sp³-hybridized carbons (Fsp3) is 0.0909. The molecule has 0 saturated carbocycles. The van der Waals surface area contributed by atoms with Gasteiger partial charge in [-0.05, 0) is 18.2 Å². The molecule has 0 radical (unpaired) electrons. The van der Waals surface area contributed by atoms with Gasteiger partial charge in [-0.3, -0.25) is 4.79 Å². The van der Waals surface area contributed by atoms with Crippen molar-refractivity contribution >= 4 is 39.7 Å². The SMILES string of the molecule is Nc1nc(C(=O)Nc2ccc(Cl)c(C(F)(F)F)c2)cs1. The van der Waals surface area contributed by atoms with Gasteiger partial charge in [-0.1, -0.05) is 11.6 Å². The van der Waals surface area contributed by atoms with Gasteiger partial charge in [-0.2, -0.15) is 13.2 Å². The Hall–Kier alpha value is -1.80. The van der Waals surface area contributed by atoms with E-state index in [9.17, 15) is 18.0 Å². The highest BCUT2D eigenvalue weighted by Crippen LogP contribution is 2.36. The van der Waals surface area contributed by atoms with Crippen molar-refractivity contribution in [1.29, 1.82) is 0 Å². The van der Waals surface area contributed by atoms with Crippen LogP contribution in [0.1, 0.15) is 16.1 Å². The third kappa shape index (κ3) is 3.20. The first-order valence-corrected chi connectivity index (χ1v) is 6.42. The van der Waals surface area contributed by atoms with Gasteiger partial charge in [-0.25, -0.2) is 4.98 Å². The van der Waals surface area contributed by atoms with Crippen LogP contribution in [0.3, 0.4) is 0 Å². The Bertz CT molecular complexity index is 657.